The molecular formula is C9H12O2. The molecule has 0 N–H and O–H groups in total. The fraction of sp³-hybridized carbons (Fsp3) is 0.444. The predicted molar refractivity (Wildman–Crippen MR) is 43.1 cm³/mol. The minimum absolute atomic E-state index is 0.00694. The van der Waals surface area contributed by atoms with Crippen molar-refractivity contribution in [3.8, 4) is 0 Å². The van der Waals surface area contributed by atoms with E-state index in [1.54, 1.807) is 0 Å². The molecule has 0 aliphatic carbocycles. The Morgan fingerprint density at radius 2 is 2.45 bits per heavy atom. The summed E-state index contributed by atoms with van der Waals surface area (Å²) < 4.78 is 4.99. The lowest BCUT2D eigenvalue weighted by Crippen LogP contribution is -2.06. The van der Waals surface area contributed by atoms with Gasteiger partial charge in [0.15, 0.2) is 0 Å². The molecule has 0 amide bonds. The van der Waals surface area contributed by atoms with E-state index in [1.807, 2.05) is 6.92 Å². The Labute approximate surface area is 66.5 Å². The molecule has 2 heteroatoms. The Hall–Kier alpha value is -1.05. The van der Waals surface area contributed by atoms with Crippen molar-refractivity contribution in [2.75, 3.05) is 0 Å². The average molecular weight is 152 g/mol. The van der Waals surface area contributed by atoms with E-state index in [2.05, 4.69) is 13.2 Å². The lowest BCUT2D eigenvalue weighted by atomic mass is 10.1. The van der Waals surface area contributed by atoms with Crippen LogP contribution in [0.5, 0.6) is 0 Å². The fourth-order valence-electron chi connectivity index (χ4n) is 1.14. The number of cyclic esters (lactones) is 1. The van der Waals surface area contributed by atoms with E-state index >= 15 is 0 Å². The average Bonchev–Trinajstić information content (AvgIpc) is 2.10. The van der Waals surface area contributed by atoms with Crippen molar-refractivity contribution < 1.29 is 9.53 Å². The smallest absolute Gasteiger partial charge is 0.333 e. The van der Waals surface area contributed by atoms with Crippen LogP contribution in [0.2, 0.25) is 0 Å². The Kier molecular flexibility index (Phi) is 2.13. The first-order valence-electron chi connectivity index (χ1n) is 3.62. The number of esters is 1. The lowest BCUT2D eigenvalue weighted by molar-refractivity contribution is -0.138. The highest BCUT2D eigenvalue weighted by molar-refractivity contribution is 5.89. The van der Waals surface area contributed by atoms with Gasteiger partial charge in [0.05, 0.1) is 0 Å². The van der Waals surface area contributed by atoms with Crippen molar-refractivity contribution in [1.82, 2.24) is 0 Å². The molecule has 0 bridgehead atoms. The third-order valence-corrected chi connectivity index (χ3v) is 1.61. The zero-order valence-electron chi connectivity index (χ0n) is 6.72. The zero-order valence-corrected chi connectivity index (χ0v) is 6.72. The van der Waals surface area contributed by atoms with Gasteiger partial charge >= 0.3 is 5.97 Å². The summed E-state index contributed by atoms with van der Waals surface area (Å²) in [7, 11) is 0. The summed E-state index contributed by atoms with van der Waals surface area (Å²) in [6.45, 7) is 9.26. The van der Waals surface area contributed by atoms with Crippen LogP contribution in [0.15, 0.2) is 24.3 Å². The number of hydrogen-bond donors (Lipinski definition) is 0. The first-order valence-corrected chi connectivity index (χ1v) is 3.62. The number of carbonyl (C=O) groups is 1. The van der Waals surface area contributed by atoms with Crippen LogP contribution in [0.3, 0.4) is 0 Å². The molecule has 0 radical (unpaired) electrons. The van der Waals surface area contributed by atoms with E-state index in [1.165, 1.54) is 0 Å². The van der Waals surface area contributed by atoms with E-state index in [0.29, 0.717) is 12.0 Å². The van der Waals surface area contributed by atoms with Gasteiger partial charge in [0.2, 0.25) is 0 Å². The molecule has 1 heterocycles. The minimum Gasteiger partial charge on any atom is -0.458 e. The van der Waals surface area contributed by atoms with E-state index in [4.69, 9.17) is 4.74 Å². The van der Waals surface area contributed by atoms with Crippen molar-refractivity contribution >= 4 is 5.97 Å². The quantitative estimate of drug-likeness (QED) is 0.343. The van der Waals surface area contributed by atoms with Crippen molar-refractivity contribution in [2.24, 2.45) is 0 Å². The molecule has 0 aromatic heterocycles. The summed E-state index contributed by atoms with van der Waals surface area (Å²) in [5.41, 5.74) is 1.62. The van der Waals surface area contributed by atoms with Gasteiger partial charge in [0, 0.05) is 18.4 Å². The second-order valence-electron chi connectivity index (χ2n) is 3.00. The second kappa shape index (κ2) is 2.91. The fourth-order valence-corrected chi connectivity index (χ4v) is 1.14. The maximum atomic E-state index is 10.8. The maximum Gasteiger partial charge on any atom is 0.333 e. The Morgan fingerprint density at radius 3 is 2.82 bits per heavy atom. The van der Waals surface area contributed by atoms with Crippen molar-refractivity contribution in [1.29, 1.82) is 0 Å². The molecule has 1 fully saturated rings. The molecule has 0 aromatic rings. The van der Waals surface area contributed by atoms with Crippen LogP contribution in [0.1, 0.15) is 19.8 Å². The Morgan fingerprint density at radius 1 is 1.82 bits per heavy atom. The zero-order chi connectivity index (χ0) is 8.43. The topological polar surface area (TPSA) is 26.3 Å². The number of carbonyl (C=O) groups excluding carboxylic acids is 1. The van der Waals surface area contributed by atoms with Crippen LogP contribution in [-0.4, -0.2) is 12.1 Å². The summed E-state index contributed by atoms with van der Waals surface area (Å²) >= 11 is 0. The first-order chi connectivity index (χ1) is 5.09. The summed E-state index contributed by atoms with van der Waals surface area (Å²) in [6.07, 6.45) is 1.41. The van der Waals surface area contributed by atoms with Gasteiger partial charge in [-0.1, -0.05) is 12.2 Å². The normalized spacial score (nSPS) is 23.5. The molecule has 1 aliphatic heterocycles. The third kappa shape index (κ3) is 1.93. The van der Waals surface area contributed by atoms with Gasteiger partial charge in [-0.05, 0) is 6.92 Å². The molecule has 11 heavy (non-hydrogen) atoms. The maximum absolute atomic E-state index is 10.8. The molecule has 1 rings (SSSR count). The largest absolute Gasteiger partial charge is 0.458 e. The number of hydrogen-bond acceptors (Lipinski definition) is 2. The number of rotatable bonds is 2. The van der Waals surface area contributed by atoms with Crippen LogP contribution >= 0.6 is 0 Å². The summed E-state index contributed by atoms with van der Waals surface area (Å²) in [5.74, 6) is -0.253. The summed E-state index contributed by atoms with van der Waals surface area (Å²) in [5, 5.41) is 0. The summed E-state index contributed by atoms with van der Waals surface area (Å²) in [6, 6.07) is 0. The van der Waals surface area contributed by atoms with Gasteiger partial charge in [-0.15, -0.1) is 6.58 Å². The monoisotopic (exact) mass is 152 g/mol. The van der Waals surface area contributed by atoms with Gasteiger partial charge in [-0.2, -0.15) is 0 Å². The standard InChI is InChI=1S/C9H12O2/c1-6(2)4-8-5-7(3)9(10)11-8/h8H,1,3-5H2,2H3. The van der Waals surface area contributed by atoms with Crippen LogP contribution in [0.4, 0.5) is 0 Å². The molecular weight excluding hydrogens is 140 g/mol. The van der Waals surface area contributed by atoms with E-state index in [9.17, 15) is 4.79 Å². The third-order valence-electron chi connectivity index (χ3n) is 1.61. The van der Waals surface area contributed by atoms with E-state index in [0.717, 1.165) is 12.0 Å². The molecule has 2 nitrogen and oxygen atoms in total. The van der Waals surface area contributed by atoms with Crippen molar-refractivity contribution in [3.63, 3.8) is 0 Å². The van der Waals surface area contributed by atoms with Crippen LogP contribution < -0.4 is 0 Å². The van der Waals surface area contributed by atoms with Crippen LogP contribution in [-0.2, 0) is 9.53 Å². The van der Waals surface area contributed by atoms with Gasteiger partial charge in [0.1, 0.15) is 6.10 Å². The van der Waals surface area contributed by atoms with Crippen molar-refractivity contribution in [2.45, 2.75) is 25.9 Å². The highest BCUT2D eigenvalue weighted by atomic mass is 16.5. The Balaban J connectivity index is 2.47. The second-order valence-corrected chi connectivity index (χ2v) is 3.00. The predicted octanol–water partition coefficient (Wildman–Crippen LogP) is 1.82. The summed E-state index contributed by atoms with van der Waals surface area (Å²) in [4.78, 5) is 10.8. The number of ether oxygens (including phenoxy) is 1. The van der Waals surface area contributed by atoms with E-state index < -0.39 is 0 Å². The van der Waals surface area contributed by atoms with Gasteiger partial charge in [-0.3, -0.25) is 0 Å². The van der Waals surface area contributed by atoms with Crippen LogP contribution in [0.25, 0.3) is 0 Å². The lowest BCUT2D eigenvalue weighted by Gasteiger charge is -2.06. The van der Waals surface area contributed by atoms with Gasteiger partial charge < -0.3 is 4.74 Å². The Bertz CT molecular complexity index is 200. The molecule has 0 saturated carbocycles. The highest BCUT2D eigenvalue weighted by Crippen LogP contribution is 2.22. The molecule has 0 aromatic carbocycles. The first kappa shape index (κ1) is 8.05. The van der Waals surface area contributed by atoms with Crippen LogP contribution in [0, 0.1) is 0 Å². The molecule has 60 valence electrons. The molecule has 1 atom stereocenters. The molecule has 1 unspecified atom stereocenters. The minimum atomic E-state index is -0.253. The van der Waals surface area contributed by atoms with Gasteiger partial charge in [0.25, 0.3) is 0 Å². The van der Waals surface area contributed by atoms with E-state index in [-0.39, 0.29) is 12.1 Å². The van der Waals surface area contributed by atoms with Gasteiger partial charge in [-0.25, -0.2) is 4.79 Å². The molecule has 0 spiro atoms. The molecule has 1 saturated heterocycles. The highest BCUT2D eigenvalue weighted by Gasteiger charge is 2.26. The van der Waals surface area contributed by atoms with Crippen molar-refractivity contribution in [3.05, 3.63) is 24.3 Å². The molecule has 1 aliphatic rings. The SMILES string of the molecule is C=C(C)CC1CC(=C)C(=O)O1.